The molecule has 3 heteroatoms. The van der Waals surface area contributed by atoms with Gasteiger partial charge in [-0.25, -0.2) is 0 Å². The van der Waals surface area contributed by atoms with Gasteiger partial charge in [0, 0.05) is 5.41 Å². The summed E-state index contributed by atoms with van der Waals surface area (Å²) in [7, 11) is 0. The average Bonchev–Trinajstić information content (AvgIpc) is 2.36. The fraction of sp³-hybridized carbons (Fsp3) is 1.00. The van der Waals surface area contributed by atoms with E-state index < -0.39 is 0 Å². The molecule has 0 spiro atoms. The summed E-state index contributed by atoms with van der Waals surface area (Å²) in [6.45, 7) is 19.6. The van der Waals surface area contributed by atoms with E-state index >= 15 is 0 Å². The normalized spacial score (nSPS) is 31.7. The Morgan fingerprint density at radius 2 is 1.53 bits per heavy atom. The van der Waals surface area contributed by atoms with Crippen molar-refractivity contribution in [1.82, 2.24) is 0 Å². The molecule has 0 saturated carbocycles. The third-order valence-electron chi connectivity index (χ3n) is 3.66. The molecule has 0 radical (unpaired) electrons. The molecule has 0 bridgehead atoms. The van der Waals surface area contributed by atoms with Gasteiger partial charge >= 0.3 is 0 Å². The molecule has 0 aliphatic carbocycles. The van der Waals surface area contributed by atoms with Gasteiger partial charge in [0.1, 0.15) is 6.10 Å². The van der Waals surface area contributed by atoms with Crippen LogP contribution in [0.15, 0.2) is 0 Å². The predicted molar refractivity (Wildman–Crippen MR) is 78.4 cm³/mol. The fourth-order valence-corrected chi connectivity index (χ4v) is 2.29. The van der Waals surface area contributed by atoms with Crippen molar-refractivity contribution in [2.24, 2.45) is 5.41 Å². The highest BCUT2D eigenvalue weighted by molar-refractivity contribution is 4.97. The maximum Gasteiger partial charge on any atom is 0.108 e. The van der Waals surface area contributed by atoms with E-state index in [1.54, 1.807) is 0 Å². The smallest absolute Gasteiger partial charge is 0.108 e. The fourth-order valence-electron chi connectivity index (χ4n) is 2.29. The van der Waals surface area contributed by atoms with Crippen LogP contribution in [-0.4, -0.2) is 36.1 Å². The first-order valence-electron chi connectivity index (χ1n) is 7.30. The van der Waals surface area contributed by atoms with Crippen molar-refractivity contribution in [2.75, 3.05) is 6.61 Å². The van der Waals surface area contributed by atoms with Gasteiger partial charge in [0.25, 0.3) is 0 Å². The summed E-state index contributed by atoms with van der Waals surface area (Å²) in [5.41, 5.74) is -0.319. The summed E-state index contributed by atoms with van der Waals surface area (Å²) in [6.07, 6.45) is 0.238. The first-order valence-corrected chi connectivity index (χ1v) is 7.30. The van der Waals surface area contributed by atoms with Crippen LogP contribution >= 0.6 is 0 Å². The van der Waals surface area contributed by atoms with Crippen molar-refractivity contribution in [3.8, 4) is 0 Å². The van der Waals surface area contributed by atoms with Gasteiger partial charge in [0.05, 0.1) is 30.0 Å². The van der Waals surface area contributed by atoms with Gasteiger partial charge in [0.15, 0.2) is 0 Å². The van der Waals surface area contributed by atoms with Gasteiger partial charge in [-0.2, -0.15) is 0 Å². The van der Waals surface area contributed by atoms with Crippen molar-refractivity contribution in [1.29, 1.82) is 0 Å². The first kappa shape index (κ1) is 16.9. The Morgan fingerprint density at radius 1 is 1.00 bits per heavy atom. The average molecular weight is 272 g/mol. The second kappa shape index (κ2) is 5.34. The number of hydrogen-bond acceptors (Lipinski definition) is 3. The third kappa shape index (κ3) is 4.73. The molecular formula is C16H32O3. The van der Waals surface area contributed by atoms with Gasteiger partial charge in [0.2, 0.25) is 0 Å². The standard InChI is InChI=1S/C16H32O3/c1-11-16(8,9)13(19-15(5,6)7)12(18-11)10-17-14(2,3)4/h11-13H,10H2,1-9H3/t11-,12+,13+/m1/s1. The minimum absolute atomic E-state index is 0.000803. The zero-order valence-corrected chi connectivity index (χ0v) is 14.2. The van der Waals surface area contributed by atoms with Crippen molar-refractivity contribution < 1.29 is 14.2 Å². The Morgan fingerprint density at radius 3 is 1.95 bits per heavy atom. The van der Waals surface area contributed by atoms with E-state index in [0.29, 0.717) is 6.61 Å². The molecule has 0 aromatic heterocycles. The van der Waals surface area contributed by atoms with E-state index in [0.717, 1.165) is 0 Å². The first-order chi connectivity index (χ1) is 8.33. The van der Waals surface area contributed by atoms with E-state index in [1.807, 2.05) is 0 Å². The Hall–Kier alpha value is -0.120. The minimum atomic E-state index is -0.171. The Balaban J connectivity index is 2.78. The Kier molecular flexibility index (Phi) is 4.76. The van der Waals surface area contributed by atoms with Gasteiger partial charge in [-0.15, -0.1) is 0 Å². The Bertz CT molecular complexity index is 296. The summed E-state index contributed by atoms with van der Waals surface area (Å²) >= 11 is 0. The van der Waals surface area contributed by atoms with Crippen LogP contribution in [0.2, 0.25) is 0 Å². The highest BCUT2D eigenvalue weighted by Crippen LogP contribution is 2.42. The molecule has 0 aromatic carbocycles. The van der Waals surface area contributed by atoms with Crippen LogP contribution in [0.25, 0.3) is 0 Å². The Labute approximate surface area is 119 Å². The highest BCUT2D eigenvalue weighted by atomic mass is 16.6. The van der Waals surface area contributed by atoms with Gasteiger partial charge in [-0.3, -0.25) is 0 Å². The van der Waals surface area contributed by atoms with E-state index in [9.17, 15) is 0 Å². The quantitative estimate of drug-likeness (QED) is 0.782. The summed E-state index contributed by atoms with van der Waals surface area (Å²) in [6, 6.07) is 0. The van der Waals surface area contributed by atoms with Gasteiger partial charge in [-0.1, -0.05) is 13.8 Å². The number of hydrogen-bond donors (Lipinski definition) is 0. The van der Waals surface area contributed by atoms with Crippen LogP contribution in [0.3, 0.4) is 0 Å². The molecule has 19 heavy (non-hydrogen) atoms. The highest BCUT2D eigenvalue weighted by Gasteiger charge is 2.50. The molecule has 3 nitrogen and oxygen atoms in total. The molecule has 1 rings (SSSR count). The molecule has 1 saturated heterocycles. The molecule has 114 valence electrons. The zero-order chi connectivity index (χ0) is 15.1. The van der Waals surface area contributed by atoms with Crippen LogP contribution in [0.1, 0.15) is 62.3 Å². The van der Waals surface area contributed by atoms with Crippen molar-refractivity contribution >= 4 is 0 Å². The van der Waals surface area contributed by atoms with Crippen LogP contribution < -0.4 is 0 Å². The van der Waals surface area contributed by atoms with E-state index in [1.165, 1.54) is 0 Å². The van der Waals surface area contributed by atoms with Crippen LogP contribution in [0, 0.1) is 5.41 Å². The zero-order valence-electron chi connectivity index (χ0n) is 14.2. The summed E-state index contributed by atoms with van der Waals surface area (Å²) < 4.78 is 18.2. The van der Waals surface area contributed by atoms with Crippen LogP contribution in [0.4, 0.5) is 0 Å². The van der Waals surface area contributed by atoms with Crippen LogP contribution in [-0.2, 0) is 14.2 Å². The molecule has 0 N–H and O–H groups in total. The maximum absolute atomic E-state index is 6.26. The molecule has 0 unspecified atom stereocenters. The molecule has 1 aliphatic rings. The van der Waals surface area contributed by atoms with E-state index in [2.05, 4.69) is 62.3 Å². The monoisotopic (exact) mass is 272 g/mol. The second-order valence-electron chi connectivity index (χ2n) is 8.21. The number of ether oxygens (including phenoxy) is 3. The van der Waals surface area contributed by atoms with Gasteiger partial charge < -0.3 is 14.2 Å². The van der Waals surface area contributed by atoms with E-state index in [4.69, 9.17) is 14.2 Å². The minimum Gasteiger partial charge on any atom is -0.373 e. The van der Waals surface area contributed by atoms with Crippen molar-refractivity contribution in [3.63, 3.8) is 0 Å². The van der Waals surface area contributed by atoms with Crippen molar-refractivity contribution in [3.05, 3.63) is 0 Å². The van der Waals surface area contributed by atoms with Gasteiger partial charge in [-0.05, 0) is 48.5 Å². The second-order valence-corrected chi connectivity index (χ2v) is 8.21. The van der Waals surface area contributed by atoms with Crippen LogP contribution in [0.5, 0.6) is 0 Å². The summed E-state index contributed by atoms with van der Waals surface area (Å²) in [4.78, 5) is 0. The molecule has 1 aliphatic heterocycles. The lowest BCUT2D eigenvalue weighted by Gasteiger charge is -2.36. The predicted octanol–water partition coefficient (Wildman–Crippen LogP) is 3.80. The molecule has 1 heterocycles. The largest absolute Gasteiger partial charge is 0.373 e. The summed E-state index contributed by atoms with van der Waals surface area (Å²) in [5, 5.41) is 0. The third-order valence-corrected chi connectivity index (χ3v) is 3.66. The lowest BCUT2D eigenvalue weighted by Crippen LogP contribution is -2.44. The molecule has 3 atom stereocenters. The lowest BCUT2D eigenvalue weighted by atomic mass is 9.81. The molecule has 0 amide bonds. The lowest BCUT2D eigenvalue weighted by molar-refractivity contribution is -0.137. The molecule has 0 aromatic rings. The topological polar surface area (TPSA) is 27.7 Å². The number of rotatable bonds is 3. The SMILES string of the molecule is C[C@H]1O[C@@H](COC(C)(C)C)[C@H](OC(C)(C)C)C1(C)C. The molecule has 1 fully saturated rings. The van der Waals surface area contributed by atoms with Crippen molar-refractivity contribution in [2.45, 2.75) is 91.8 Å². The summed E-state index contributed by atoms with van der Waals surface area (Å²) in [5.74, 6) is 0. The maximum atomic E-state index is 6.26. The molecular weight excluding hydrogens is 240 g/mol. The van der Waals surface area contributed by atoms with E-state index in [-0.39, 0.29) is 34.9 Å².